The summed E-state index contributed by atoms with van der Waals surface area (Å²) in [6.07, 6.45) is 1.70. The lowest BCUT2D eigenvalue weighted by Gasteiger charge is -2.36. The molecule has 0 spiro atoms. The molecule has 30 heteroatoms. The van der Waals surface area contributed by atoms with Crippen molar-refractivity contribution >= 4 is 69.5 Å². The predicted octanol–water partition coefficient (Wildman–Crippen LogP) is 0.966. The van der Waals surface area contributed by atoms with E-state index in [1.54, 1.807) is 29.6 Å². The van der Waals surface area contributed by atoms with E-state index in [1.807, 2.05) is 0 Å². The smallest absolute Gasteiger partial charge is 0.341 e. The van der Waals surface area contributed by atoms with Gasteiger partial charge >= 0.3 is 11.9 Å². The lowest BCUT2D eigenvalue weighted by molar-refractivity contribution is 0.0684. The molecule has 3 saturated heterocycles. The SMILES string of the molecule is NC(=N\N1CCN(/N=C(N)/N=C(\N)N2CCN(c3nc4c(cc3F)c(=O)c(C(=O)O)cn4-c3ccc(F)cc3F)CC2)CC1)/N=C(\N)N1CCN(c2nc3c(cc2F)c(=O)c(C(=O)O)cn3-c2ccc(F)cc2F)CC1. The van der Waals surface area contributed by atoms with Crippen LogP contribution in [-0.2, 0) is 0 Å². The van der Waals surface area contributed by atoms with E-state index in [4.69, 9.17) is 22.9 Å². The van der Waals surface area contributed by atoms with Crippen molar-refractivity contribution in [1.82, 2.24) is 38.9 Å². The number of aliphatic imine (C=N–C) groups is 2. The number of halogens is 6. The summed E-state index contributed by atoms with van der Waals surface area (Å²) < 4.78 is 90.6. The number of fused-ring (bicyclic) bond motifs is 2. The number of carboxylic acid groups (broad SMARTS) is 2. The number of carbonyl (C=O) groups is 2. The van der Waals surface area contributed by atoms with E-state index in [0.29, 0.717) is 38.3 Å². The van der Waals surface area contributed by atoms with E-state index in [1.165, 1.54) is 0 Å². The molecule has 4 aromatic heterocycles. The number of aromatic carboxylic acids is 2. The number of rotatable bonds is 8. The molecule has 6 aromatic rings. The molecule has 9 rings (SSSR count). The van der Waals surface area contributed by atoms with Gasteiger partial charge in [0.05, 0.1) is 48.3 Å². The lowest BCUT2D eigenvalue weighted by Crippen LogP contribution is -2.52. The monoisotopic (exact) mass is 1060 g/mol. The fourth-order valence-electron chi connectivity index (χ4n) is 8.79. The van der Waals surface area contributed by atoms with Gasteiger partial charge in [-0.3, -0.25) is 28.7 Å². The van der Waals surface area contributed by atoms with Crippen LogP contribution >= 0.6 is 0 Å². The van der Waals surface area contributed by atoms with Crippen molar-refractivity contribution in [2.75, 3.05) is 88.3 Å². The molecule has 0 amide bonds. The van der Waals surface area contributed by atoms with Crippen molar-refractivity contribution in [1.29, 1.82) is 0 Å². The zero-order valence-electron chi connectivity index (χ0n) is 39.6. The second kappa shape index (κ2) is 20.7. The zero-order valence-corrected chi connectivity index (χ0v) is 39.6. The van der Waals surface area contributed by atoms with Crippen LogP contribution in [0, 0.1) is 34.9 Å². The molecule has 3 fully saturated rings. The highest BCUT2D eigenvalue weighted by atomic mass is 19.2. The van der Waals surface area contributed by atoms with Crippen molar-refractivity contribution in [3.8, 4) is 11.4 Å². The minimum absolute atomic E-state index is 0.0191. The number of guanidine groups is 4. The van der Waals surface area contributed by atoms with Gasteiger partial charge in [-0.25, -0.2) is 45.9 Å². The first-order valence-corrected chi connectivity index (χ1v) is 23.0. The average molecular weight is 1060 g/mol. The van der Waals surface area contributed by atoms with Crippen molar-refractivity contribution in [3.63, 3.8) is 0 Å². The average Bonchev–Trinajstić information content (AvgIpc) is 3.38. The van der Waals surface area contributed by atoms with Crippen molar-refractivity contribution in [2.24, 2.45) is 43.1 Å². The Balaban J connectivity index is 0.790. The van der Waals surface area contributed by atoms with Gasteiger partial charge in [0, 0.05) is 76.9 Å². The Hall–Kier alpha value is -9.64. The number of carboxylic acids is 2. The Morgan fingerprint density at radius 3 is 1.18 bits per heavy atom. The Bertz CT molecular complexity index is 3360. The molecule has 7 heterocycles. The van der Waals surface area contributed by atoms with Gasteiger partial charge in [-0.15, -0.1) is 10.2 Å². The molecule has 0 atom stereocenters. The number of aromatic nitrogens is 4. The highest BCUT2D eigenvalue weighted by Gasteiger charge is 2.28. The van der Waals surface area contributed by atoms with Gasteiger partial charge in [0.1, 0.15) is 34.4 Å². The maximum Gasteiger partial charge on any atom is 0.341 e. The molecular weight excluding hydrogens is 1010 g/mol. The summed E-state index contributed by atoms with van der Waals surface area (Å²) in [5.74, 6) is -9.80. The third-order valence-corrected chi connectivity index (χ3v) is 12.6. The van der Waals surface area contributed by atoms with Crippen LogP contribution in [0.2, 0.25) is 0 Å². The maximum absolute atomic E-state index is 15.6. The summed E-state index contributed by atoms with van der Waals surface area (Å²) in [5.41, 5.74) is 20.1. The molecule has 10 N–H and O–H groups in total. The second-order valence-corrected chi connectivity index (χ2v) is 17.3. The number of benzene rings is 2. The van der Waals surface area contributed by atoms with E-state index < -0.39 is 79.6 Å². The van der Waals surface area contributed by atoms with E-state index in [2.05, 4.69) is 30.2 Å². The first-order chi connectivity index (χ1) is 36.2. The number of hydrazone groups is 2. The minimum Gasteiger partial charge on any atom is -0.477 e. The predicted molar refractivity (Wildman–Crippen MR) is 266 cm³/mol. The molecule has 76 heavy (non-hydrogen) atoms. The first-order valence-electron chi connectivity index (χ1n) is 23.0. The van der Waals surface area contributed by atoms with Gasteiger partial charge in [-0.1, -0.05) is 0 Å². The molecule has 0 radical (unpaired) electrons. The van der Waals surface area contributed by atoms with E-state index >= 15 is 8.78 Å². The van der Waals surface area contributed by atoms with E-state index in [9.17, 15) is 47.0 Å². The fourth-order valence-corrected chi connectivity index (χ4v) is 8.79. The Labute approximate surface area is 423 Å². The van der Waals surface area contributed by atoms with Crippen LogP contribution in [0.5, 0.6) is 0 Å². The van der Waals surface area contributed by atoms with Gasteiger partial charge in [-0.2, -0.15) is 9.98 Å². The maximum atomic E-state index is 15.6. The van der Waals surface area contributed by atoms with E-state index in [-0.39, 0.29) is 111 Å². The molecule has 3 aliphatic heterocycles. The third-order valence-electron chi connectivity index (χ3n) is 12.6. The quantitative estimate of drug-likeness (QED) is 0.0703. The third kappa shape index (κ3) is 10.3. The van der Waals surface area contributed by atoms with Crippen molar-refractivity contribution in [2.45, 2.75) is 0 Å². The molecule has 2 aromatic carbocycles. The first kappa shape index (κ1) is 51.3. The van der Waals surface area contributed by atoms with Gasteiger partial charge in [0.25, 0.3) is 0 Å². The van der Waals surface area contributed by atoms with Gasteiger partial charge in [-0.05, 0) is 36.4 Å². The van der Waals surface area contributed by atoms with Gasteiger partial charge in [0.15, 0.2) is 46.5 Å². The molecule has 0 bridgehead atoms. The van der Waals surface area contributed by atoms with Crippen molar-refractivity contribution < 1.29 is 46.1 Å². The second-order valence-electron chi connectivity index (χ2n) is 17.3. The Kier molecular flexibility index (Phi) is 14.0. The van der Waals surface area contributed by atoms with Crippen LogP contribution in [0.1, 0.15) is 20.7 Å². The summed E-state index contributed by atoms with van der Waals surface area (Å²) in [4.78, 5) is 73.4. The zero-order chi connectivity index (χ0) is 54.3. The molecule has 24 nitrogen and oxygen atoms in total. The molecule has 0 aliphatic carbocycles. The number of hydrogen-bond acceptors (Lipinski definition) is 12. The molecule has 3 aliphatic rings. The normalized spacial score (nSPS) is 16.3. The van der Waals surface area contributed by atoms with Crippen LogP contribution in [0.25, 0.3) is 33.4 Å². The summed E-state index contributed by atoms with van der Waals surface area (Å²) in [7, 11) is 0. The standard InChI is InChI=1S/C46H44F6N18O6/c47-23-1-3-33(29(49)17-23)69-21-27(41(73)74)35(71)25-19-31(51)39(57-37(25)69)63-5-9-65(10-6-63)45(55)59-43(53)61-67-13-15-68(16-14-67)62-44(54)60-46(56)66-11-7-64(8-12-66)40-32(52)20-26-36(72)28(42(75)76)22-70(38(26)58-40)34-4-2-24(48)18-30(34)50/h1-4,17-22H,5-16H2,(H,73,74)(H,75,76)(H4,53,55,59,61)(H4,54,56,60,62). The molecule has 0 saturated carbocycles. The number of hydrogen-bond donors (Lipinski definition) is 6. The number of anilines is 2. The highest BCUT2D eigenvalue weighted by molar-refractivity contribution is 5.95. The van der Waals surface area contributed by atoms with Crippen LogP contribution in [0.15, 0.2) is 90.7 Å². The lowest BCUT2D eigenvalue weighted by atomic mass is 10.1. The molecular formula is C46H44F6N18O6. The van der Waals surface area contributed by atoms with Crippen LogP contribution < -0.4 is 43.6 Å². The number of nitrogens with zero attached hydrogens (tertiary/aromatic N) is 14. The fraction of sp³-hybridized carbons (Fsp3) is 0.261. The summed E-state index contributed by atoms with van der Waals surface area (Å²) >= 11 is 0. The largest absolute Gasteiger partial charge is 0.477 e. The molecule has 396 valence electrons. The molecule has 0 unspecified atom stereocenters. The number of pyridine rings is 4. The van der Waals surface area contributed by atoms with Crippen LogP contribution in [-0.4, -0.2) is 163 Å². The minimum atomic E-state index is -1.64. The van der Waals surface area contributed by atoms with Crippen LogP contribution in [0.4, 0.5) is 38.0 Å². The summed E-state index contributed by atoms with van der Waals surface area (Å²) in [5, 5.41) is 30.4. The van der Waals surface area contributed by atoms with Crippen molar-refractivity contribution in [3.05, 3.63) is 127 Å². The highest BCUT2D eigenvalue weighted by Crippen LogP contribution is 2.28. The van der Waals surface area contributed by atoms with E-state index in [0.717, 1.165) is 57.9 Å². The number of nitrogens with two attached hydrogens (primary N) is 4. The Morgan fingerprint density at radius 2 is 0.855 bits per heavy atom. The summed E-state index contributed by atoms with van der Waals surface area (Å²) in [6, 6.07) is 6.77. The topological polar surface area (TPSA) is 317 Å². The van der Waals surface area contributed by atoms with Gasteiger partial charge < -0.3 is 52.7 Å². The Morgan fingerprint density at radius 1 is 0.500 bits per heavy atom. The van der Waals surface area contributed by atoms with Gasteiger partial charge in [0.2, 0.25) is 22.8 Å². The van der Waals surface area contributed by atoms with Crippen LogP contribution in [0.3, 0.4) is 0 Å². The summed E-state index contributed by atoms with van der Waals surface area (Å²) in [6.45, 7) is 2.77. The number of piperazine rings is 3.